The molecule has 0 aliphatic rings. The van der Waals surface area contributed by atoms with E-state index in [9.17, 15) is 14.7 Å². The molecule has 0 aliphatic heterocycles. The summed E-state index contributed by atoms with van der Waals surface area (Å²) in [6, 6.07) is 9.86. The molecule has 1 amide bonds. The zero-order valence-corrected chi connectivity index (χ0v) is 12.3. The molecule has 110 valence electrons. The molecule has 2 aromatic rings. The summed E-state index contributed by atoms with van der Waals surface area (Å²) in [4.78, 5) is 27.8. The van der Waals surface area contributed by atoms with Crippen molar-refractivity contribution in [3.05, 3.63) is 42.1 Å². The molecule has 5 nitrogen and oxygen atoms in total. The topological polar surface area (TPSA) is 79.3 Å². The first kappa shape index (κ1) is 15.0. The fourth-order valence-corrected chi connectivity index (χ4v) is 2.05. The highest BCUT2D eigenvalue weighted by Gasteiger charge is 2.33. The van der Waals surface area contributed by atoms with E-state index in [2.05, 4.69) is 10.3 Å². The van der Waals surface area contributed by atoms with Gasteiger partial charge >= 0.3 is 5.97 Å². The van der Waals surface area contributed by atoms with Crippen LogP contribution in [0.5, 0.6) is 0 Å². The summed E-state index contributed by atoms with van der Waals surface area (Å²) < 4.78 is 0. The van der Waals surface area contributed by atoms with Gasteiger partial charge < -0.3 is 10.4 Å². The van der Waals surface area contributed by atoms with E-state index in [0.717, 1.165) is 5.39 Å². The fourth-order valence-electron chi connectivity index (χ4n) is 2.05. The SMILES string of the molecule is CC(C)(C)C(NC(=O)c1ccc2ccccc2n1)C(=O)O. The summed E-state index contributed by atoms with van der Waals surface area (Å²) >= 11 is 0. The molecule has 1 aromatic carbocycles. The lowest BCUT2D eigenvalue weighted by molar-refractivity contribution is -0.142. The van der Waals surface area contributed by atoms with Gasteiger partial charge in [0.1, 0.15) is 11.7 Å². The van der Waals surface area contributed by atoms with Crippen LogP contribution >= 0.6 is 0 Å². The van der Waals surface area contributed by atoms with Crippen molar-refractivity contribution in [1.29, 1.82) is 0 Å². The number of rotatable bonds is 3. The van der Waals surface area contributed by atoms with Crippen LogP contribution in [-0.4, -0.2) is 28.0 Å². The molecule has 0 saturated heterocycles. The van der Waals surface area contributed by atoms with Gasteiger partial charge in [0.2, 0.25) is 0 Å². The van der Waals surface area contributed by atoms with Crippen LogP contribution in [0, 0.1) is 5.41 Å². The predicted molar refractivity (Wildman–Crippen MR) is 80.1 cm³/mol. The van der Waals surface area contributed by atoms with Gasteiger partial charge in [-0.05, 0) is 17.5 Å². The van der Waals surface area contributed by atoms with E-state index < -0.39 is 23.3 Å². The van der Waals surface area contributed by atoms with Gasteiger partial charge in [0.05, 0.1) is 5.52 Å². The second-order valence-corrected chi connectivity index (χ2v) is 6.00. The molecule has 21 heavy (non-hydrogen) atoms. The molecule has 0 bridgehead atoms. The molecule has 5 heteroatoms. The molecule has 0 aliphatic carbocycles. The van der Waals surface area contributed by atoms with Crippen LogP contribution in [0.2, 0.25) is 0 Å². The summed E-state index contributed by atoms with van der Waals surface area (Å²) in [5, 5.41) is 12.7. The van der Waals surface area contributed by atoms with Crippen LogP contribution in [0.4, 0.5) is 0 Å². The van der Waals surface area contributed by atoms with Gasteiger partial charge in [0, 0.05) is 5.39 Å². The molecule has 2 N–H and O–H groups in total. The third-order valence-corrected chi connectivity index (χ3v) is 3.22. The molecule has 1 unspecified atom stereocenters. The Hall–Kier alpha value is -2.43. The van der Waals surface area contributed by atoms with Crippen LogP contribution in [-0.2, 0) is 4.79 Å². The third kappa shape index (κ3) is 3.37. The molecule has 2 rings (SSSR count). The Balaban J connectivity index is 2.27. The molecular weight excluding hydrogens is 268 g/mol. The first-order valence-corrected chi connectivity index (χ1v) is 6.68. The number of aliphatic carboxylic acids is 1. The van der Waals surface area contributed by atoms with Crippen molar-refractivity contribution in [3.8, 4) is 0 Å². The number of hydrogen-bond donors (Lipinski definition) is 2. The number of aromatic nitrogens is 1. The lowest BCUT2D eigenvalue weighted by atomic mass is 9.86. The highest BCUT2D eigenvalue weighted by Crippen LogP contribution is 2.20. The highest BCUT2D eigenvalue weighted by molar-refractivity contribution is 5.97. The van der Waals surface area contributed by atoms with E-state index in [1.54, 1.807) is 32.9 Å². The van der Waals surface area contributed by atoms with Crippen molar-refractivity contribution < 1.29 is 14.7 Å². The van der Waals surface area contributed by atoms with Crippen LogP contribution in [0.25, 0.3) is 10.9 Å². The Morgan fingerprint density at radius 2 is 1.81 bits per heavy atom. The number of carbonyl (C=O) groups excluding carboxylic acids is 1. The number of pyridine rings is 1. The van der Waals surface area contributed by atoms with E-state index in [-0.39, 0.29) is 5.69 Å². The minimum Gasteiger partial charge on any atom is -0.480 e. The Kier molecular flexibility index (Phi) is 3.93. The minimum atomic E-state index is -1.06. The number of nitrogens with one attached hydrogen (secondary N) is 1. The molecule has 0 fully saturated rings. The van der Waals surface area contributed by atoms with Crippen molar-refractivity contribution >= 4 is 22.8 Å². The number of nitrogens with zero attached hydrogens (tertiary/aromatic N) is 1. The zero-order valence-electron chi connectivity index (χ0n) is 12.3. The second kappa shape index (κ2) is 5.52. The number of carbonyl (C=O) groups is 2. The fraction of sp³-hybridized carbons (Fsp3) is 0.312. The van der Waals surface area contributed by atoms with E-state index >= 15 is 0 Å². The predicted octanol–water partition coefficient (Wildman–Crippen LogP) is 2.46. The Morgan fingerprint density at radius 3 is 2.43 bits per heavy atom. The molecular formula is C16H18N2O3. The summed E-state index contributed by atoms with van der Waals surface area (Å²) in [7, 11) is 0. The van der Waals surface area contributed by atoms with Gasteiger partial charge in [-0.3, -0.25) is 4.79 Å². The Labute approximate surface area is 123 Å². The maximum Gasteiger partial charge on any atom is 0.326 e. The van der Waals surface area contributed by atoms with Crippen molar-refractivity contribution in [3.63, 3.8) is 0 Å². The summed E-state index contributed by atoms with van der Waals surface area (Å²) in [6.07, 6.45) is 0. The summed E-state index contributed by atoms with van der Waals surface area (Å²) in [5.74, 6) is -1.54. The van der Waals surface area contributed by atoms with E-state index in [0.29, 0.717) is 5.52 Å². The first-order valence-electron chi connectivity index (χ1n) is 6.68. The average Bonchev–Trinajstić information content (AvgIpc) is 2.42. The van der Waals surface area contributed by atoms with Gasteiger partial charge in [0.25, 0.3) is 5.91 Å². The summed E-state index contributed by atoms with van der Waals surface area (Å²) in [6.45, 7) is 5.29. The summed E-state index contributed by atoms with van der Waals surface area (Å²) in [5.41, 5.74) is 0.329. The third-order valence-electron chi connectivity index (χ3n) is 3.22. The number of carboxylic acid groups (broad SMARTS) is 1. The van der Waals surface area contributed by atoms with E-state index in [1.165, 1.54) is 0 Å². The van der Waals surface area contributed by atoms with Gasteiger partial charge in [0.15, 0.2) is 0 Å². The largest absolute Gasteiger partial charge is 0.480 e. The van der Waals surface area contributed by atoms with Gasteiger partial charge in [-0.2, -0.15) is 0 Å². The number of benzene rings is 1. The molecule has 0 radical (unpaired) electrons. The van der Waals surface area contributed by atoms with Gasteiger partial charge in [-0.25, -0.2) is 9.78 Å². The number of amides is 1. The molecule has 1 heterocycles. The second-order valence-electron chi connectivity index (χ2n) is 6.00. The van der Waals surface area contributed by atoms with Crippen molar-refractivity contribution in [2.24, 2.45) is 5.41 Å². The van der Waals surface area contributed by atoms with Crippen LogP contribution in [0.15, 0.2) is 36.4 Å². The molecule has 1 atom stereocenters. The van der Waals surface area contributed by atoms with Crippen LogP contribution in [0.1, 0.15) is 31.3 Å². The Morgan fingerprint density at radius 1 is 1.14 bits per heavy atom. The van der Waals surface area contributed by atoms with Crippen LogP contribution in [0.3, 0.4) is 0 Å². The van der Waals surface area contributed by atoms with Gasteiger partial charge in [-0.1, -0.05) is 45.0 Å². The lowest BCUT2D eigenvalue weighted by Gasteiger charge is -2.27. The van der Waals surface area contributed by atoms with Crippen molar-refractivity contribution in [2.75, 3.05) is 0 Å². The standard InChI is InChI=1S/C16H18N2O3/c1-16(2,3)13(15(20)21)18-14(19)12-9-8-10-6-4-5-7-11(10)17-12/h4-9,13H,1-3H3,(H,18,19)(H,20,21). The quantitative estimate of drug-likeness (QED) is 0.908. The van der Waals surface area contributed by atoms with Gasteiger partial charge in [-0.15, -0.1) is 0 Å². The first-order chi connectivity index (χ1) is 9.79. The lowest BCUT2D eigenvalue weighted by Crippen LogP contribution is -2.49. The number of carboxylic acids is 1. The maximum absolute atomic E-state index is 12.2. The monoisotopic (exact) mass is 286 g/mol. The number of fused-ring (bicyclic) bond motifs is 1. The van der Waals surface area contributed by atoms with Crippen molar-refractivity contribution in [2.45, 2.75) is 26.8 Å². The smallest absolute Gasteiger partial charge is 0.326 e. The maximum atomic E-state index is 12.2. The number of hydrogen-bond acceptors (Lipinski definition) is 3. The van der Waals surface area contributed by atoms with Crippen LogP contribution < -0.4 is 5.32 Å². The highest BCUT2D eigenvalue weighted by atomic mass is 16.4. The average molecular weight is 286 g/mol. The van der Waals surface area contributed by atoms with Crippen molar-refractivity contribution in [1.82, 2.24) is 10.3 Å². The minimum absolute atomic E-state index is 0.212. The Bertz CT molecular complexity index is 689. The normalized spacial score (nSPS) is 12.9. The van der Waals surface area contributed by atoms with E-state index in [1.807, 2.05) is 24.3 Å². The zero-order chi connectivity index (χ0) is 15.6. The molecule has 0 saturated carbocycles. The molecule has 0 spiro atoms. The van der Waals surface area contributed by atoms with E-state index in [4.69, 9.17) is 0 Å². The molecule has 1 aromatic heterocycles. The number of para-hydroxylation sites is 1.